The molecule has 6 rings (SSSR count). The van der Waals surface area contributed by atoms with Gasteiger partial charge in [0.1, 0.15) is 11.9 Å². The number of carbonyl (C=O) groups excluding carboxylic acids is 1. The number of fused-ring (bicyclic) bond motifs is 5. The summed E-state index contributed by atoms with van der Waals surface area (Å²) < 4.78 is 3.59. The van der Waals surface area contributed by atoms with E-state index in [1.165, 1.54) is 11.1 Å². The van der Waals surface area contributed by atoms with Crippen molar-refractivity contribution in [3.8, 4) is 0 Å². The standard InChI is InChI=1S/C24H26N6O2/c1-15-25-24(27(2)26-15)29-13-18-10-19(14-29)22(30-20(18)8-5-9-21(30)31)23(32)28-11-16-6-3-4-7-17(16)12-28/h3-9,18-19,22H,10-14H2,1-2H3/t18-,19+,22-/m1/s1. The molecule has 8 heteroatoms. The number of piperidine rings is 1. The largest absolute Gasteiger partial charge is 0.340 e. The van der Waals surface area contributed by atoms with Gasteiger partial charge in [0, 0.05) is 56.8 Å². The molecule has 0 saturated carbocycles. The predicted molar refractivity (Wildman–Crippen MR) is 119 cm³/mol. The van der Waals surface area contributed by atoms with Crippen molar-refractivity contribution < 1.29 is 4.79 Å². The van der Waals surface area contributed by atoms with Crippen molar-refractivity contribution >= 4 is 11.9 Å². The van der Waals surface area contributed by atoms with E-state index in [0.29, 0.717) is 19.6 Å². The fourth-order valence-electron chi connectivity index (χ4n) is 5.87. The Morgan fingerprint density at radius 2 is 1.78 bits per heavy atom. The zero-order chi connectivity index (χ0) is 22.0. The second-order valence-electron chi connectivity index (χ2n) is 9.25. The van der Waals surface area contributed by atoms with Gasteiger partial charge in [0.05, 0.1) is 0 Å². The first-order valence-electron chi connectivity index (χ1n) is 11.2. The Morgan fingerprint density at radius 3 is 2.47 bits per heavy atom. The van der Waals surface area contributed by atoms with Crippen molar-refractivity contribution in [2.24, 2.45) is 13.0 Å². The highest BCUT2D eigenvalue weighted by atomic mass is 16.2. The second-order valence-corrected chi connectivity index (χ2v) is 9.25. The Hall–Kier alpha value is -3.42. The van der Waals surface area contributed by atoms with Crippen LogP contribution in [0.15, 0.2) is 47.3 Å². The van der Waals surface area contributed by atoms with Crippen LogP contribution in [0.2, 0.25) is 0 Å². The van der Waals surface area contributed by atoms with E-state index in [-0.39, 0.29) is 23.3 Å². The summed E-state index contributed by atoms with van der Waals surface area (Å²) >= 11 is 0. The molecule has 1 amide bonds. The molecule has 0 spiro atoms. The van der Waals surface area contributed by atoms with Crippen LogP contribution < -0.4 is 10.5 Å². The van der Waals surface area contributed by atoms with E-state index in [1.54, 1.807) is 10.6 Å². The lowest BCUT2D eigenvalue weighted by molar-refractivity contribution is -0.138. The van der Waals surface area contributed by atoms with Crippen LogP contribution in [0.1, 0.15) is 41.0 Å². The van der Waals surface area contributed by atoms with E-state index >= 15 is 0 Å². The van der Waals surface area contributed by atoms with Gasteiger partial charge in [-0.1, -0.05) is 30.3 Å². The van der Waals surface area contributed by atoms with Crippen LogP contribution in [0.3, 0.4) is 0 Å². The molecule has 32 heavy (non-hydrogen) atoms. The van der Waals surface area contributed by atoms with Crippen molar-refractivity contribution in [2.45, 2.75) is 38.4 Å². The zero-order valence-corrected chi connectivity index (χ0v) is 18.3. The Morgan fingerprint density at radius 1 is 1.03 bits per heavy atom. The molecule has 164 valence electrons. The summed E-state index contributed by atoms with van der Waals surface area (Å²) in [4.78, 5) is 35.7. The summed E-state index contributed by atoms with van der Waals surface area (Å²) in [6.07, 6.45) is 0.897. The molecule has 8 nitrogen and oxygen atoms in total. The minimum absolute atomic E-state index is 0.0366. The van der Waals surface area contributed by atoms with Crippen molar-refractivity contribution in [1.82, 2.24) is 24.2 Å². The van der Waals surface area contributed by atoms with Crippen LogP contribution in [0.25, 0.3) is 0 Å². The molecule has 2 aromatic heterocycles. The third-order valence-electron chi connectivity index (χ3n) is 7.18. The summed E-state index contributed by atoms with van der Waals surface area (Å²) in [5, 5.41) is 4.41. The molecule has 0 N–H and O–H groups in total. The third kappa shape index (κ3) is 2.89. The molecule has 5 heterocycles. The van der Waals surface area contributed by atoms with E-state index < -0.39 is 6.04 Å². The van der Waals surface area contributed by atoms with Crippen LogP contribution >= 0.6 is 0 Å². The highest BCUT2D eigenvalue weighted by Gasteiger charge is 2.46. The number of anilines is 1. The summed E-state index contributed by atoms with van der Waals surface area (Å²) in [5.74, 6) is 1.81. The van der Waals surface area contributed by atoms with Gasteiger partial charge >= 0.3 is 0 Å². The first-order valence-corrected chi connectivity index (χ1v) is 11.2. The highest BCUT2D eigenvalue weighted by molar-refractivity contribution is 5.82. The number of carbonyl (C=O) groups is 1. The number of aryl methyl sites for hydroxylation is 2. The summed E-state index contributed by atoms with van der Waals surface area (Å²) in [6.45, 7) is 4.54. The lowest BCUT2D eigenvalue weighted by Crippen LogP contribution is -2.54. The molecule has 1 aromatic carbocycles. The highest BCUT2D eigenvalue weighted by Crippen LogP contribution is 2.43. The Kier molecular flexibility index (Phi) is 4.25. The van der Waals surface area contributed by atoms with Crippen LogP contribution in [0, 0.1) is 12.8 Å². The molecule has 0 unspecified atom stereocenters. The Labute approximate surface area is 186 Å². The molecule has 3 aliphatic heterocycles. The minimum Gasteiger partial charge on any atom is -0.340 e. The average molecular weight is 431 g/mol. The van der Waals surface area contributed by atoms with E-state index in [9.17, 15) is 9.59 Å². The molecule has 0 radical (unpaired) electrons. The van der Waals surface area contributed by atoms with Gasteiger partial charge in [-0.05, 0) is 30.5 Å². The quantitative estimate of drug-likeness (QED) is 0.622. The van der Waals surface area contributed by atoms with Crippen molar-refractivity contribution in [3.63, 3.8) is 0 Å². The molecule has 0 aliphatic carbocycles. The second kappa shape index (κ2) is 7.05. The summed E-state index contributed by atoms with van der Waals surface area (Å²) in [7, 11) is 1.91. The van der Waals surface area contributed by atoms with Gasteiger partial charge in [0.25, 0.3) is 5.56 Å². The topological polar surface area (TPSA) is 76.3 Å². The minimum atomic E-state index is -0.499. The van der Waals surface area contributed by atoms with Crippen LogP contribution in [0.4, 0.5) is 5.95 Å². The zero-order valence-electron chi connectivity index (χ0n) is 18.3. The van der Waals surface area contributed by atoms with Gasteiger partial charge in [0.15, 0.2) is 0 Å². The van der Waals surface area contributed by atoms with Gasteiger partial charge in [-0.25, -0.2) is 4.68 Å². The van der Waals surface area contributed by atoms with Gasteiger partial charge < -0.3 is 9.80 Å². The number of hydrogen-bond donors (Lipinski definition) is 0. The van der Waals surface area contributed by atoms with Crippen molar-refractivity contribution in [2.75, 3.05) is 18.0 Å². The van der Waals surface area contributed by atoms with E-state index in [0.717, 1.165) is 30.4 Å². The Bertz CT molecular complexity index is 1250. The molecular formula is C24H26N6O2. The molecule has 1 saturated heterocycles. The van der Waals surface area contributed by atoms with Crippen LogP contribution in [0.5, 0.6) is 0 Å². The molecule has 2 bridgehead atoms. The molecule has 3 aliphatic rings. The SMILES string of the molecule is Cc1nc(N2C[C@H]3C[C@@H](C2)[C@H](C(=O)N2Cc4ccccc4C2)n2c3cccc2=O)n(C)n1. The lowest BCUT2D eigenvalue weighted by atomic mass is 9.78. The fourth-order valence-corrected chi connectivity index (χ4v) is 5.87. The molecule has 3 aromatic rings. The van der Waals surface area contributed by atoms with Crippen LogP contribution in [-0.2, 0) is 24.9 Å². The monoisotopic (exact) mass is 430 g/mol. The first-order chi connectivity index (χ1) is 15.5. The van der Waals surface area contributed by atoms with Gasteiger partial charge in [-0.2, -0.15) is 10.1 Å². The van der Waals surface area contributed by atoms with Gasteiger partial charge in [0.2, 0.25) is 11.9 Å². The van der Waals surface area contributed by atoms with E-state index in [2.05, 4.69) is 27.1 Å². The maximum atomic E-state index is 13.9. The number of pyridine rings is 1. The number of rotatable bonds is 2. The maximum absolute atomic E-state index is 13.9. The smallest absolute Gasteiger partial charge is 0.251 e. The average Bonchev–Trinajstić information content (AvgIpc) is 3.36. The fraction of sp³-hybridized carbons (Fsp3) is 0.417. The van der Waals surface area contributed by atoms with Crippen LogP contribution in [-0.4, -0.2) is 43.2 Å². The maximum Gasteiger partial charge on any atom is 0.251 e. The van der Waals surface area contributed by atoms with Crippen molar-refractivity contribution in [3.05, 3.63) is 75.5 Å². The molecular weight excluding hydrogens is 404 g/mol. The third-order valence-corrected chi connectivity index (χ3v) is 7.18. The van der Waals surface area contributed by atoms with Gasteiger partial charge in [-0.3, -0.25) is 14.2 Å². The number of benzene rings is 1. The molecule has 1 fully saturated rings. The Balaban J connectivity index is 1.39. The normalized spacial score (nSPS) is 23.8. The predicted octanol–water partition coefficient (Wildman–Crippen LogP) is 1.99. The summed E-state index contributed by atoms with van der Waals surface area (Å²) in [6, 6.07) is 13.1. The molecule has 3 atom stereocenters. The summed E-state index contributed by atoms with van der Waals surface area (Å²) in [5.41, 5.74) is 3.24. The van der Waals surface area contributed by atoms with E-state index in [1.807, 2.05) is 47.8 Å². The number of hydrogen-bond acceptors (Lipinski definition) is 5. The van der Waals surface area contributed by atoms with Gasteiger partial charge in [-0.15, -0.1) is 0 Å². The number of amides is 1. The first kappa shape index (κ1) is 19.3. The lowest BCUT2D eigenvalue weighted by Gasteiger charge is -2.47. The van der Waals surface area contributed by atoms with E-state index in [4.69, 9.17) is 0 Å². The van der Waals surface area contributed by atoms with Crippen molar-refractivity contribution in [1.29, 1.82) is 0 Å². The number of nitrogens with zero attached hydrogens (tertiary/aromatic N) is 6. The number of aromatic nitrogens is 4.